The third kappa shape index (κ3) is 26.9. The van der Waals surface area contributed by atoms with Crippen LogP contribution in [0.2, 0.25) is 15.1 Å². The number of carbonyl (C=O) groups excluding carboxylic acids is 6. The van der Waals surface area contributed by atoms with Gasteiger partial charge in [-0.15, -0.1) is 0 Å². The number of hydrogen-bond acceptors (Lipinski definition) is 12. The highest BCUT2D eigenvalue weighted by Gasteiger charge is 2.37. The summed E-state index contributed by atoms with van der Waals surface area (Å²) in [5.74, 6) is 1.20. The van der Waals surface area contributed by atoms with E-state index in [9.17, 15) is 28.8 Å². The molecule has 6 aliphatic heterocycles. The number of carbonyl (C=O) groups is 6. The summed E-state index contributed by atoms with van der Waals surface area (Å²) in [6.07, 6.45) is 19.1. The predicted octanol–water partition coefficient (Wildman–Crippen LogP) is 17.6. The molecule has 9 aromatic carbocycles. The molecule has 0 unspecified atom stereocenters. The second kappa shape index (κ2) is 47.0. The molecule has 0 aliphatic carbocycles. The quantitative estimate of drug-likeness (QED) is 0.0250. The van der Waals surface area contributed by atoms with Crippen LogP contribution in [0, 0.1) is 0 Å². The summed E-state index contributed by atoms with van der Waals surface area (Å²) in [7, 11) is 0. The molecule has 6 heterocycles. The van der Waals surface area contributed by atoms with Gasteiger partial charge in [-0.05, 0) is 257 Å². The van der Waals surface area contributed by atoms with E-state index in [1.807, 2.05) is 127 Å². The number of nitrogens with zero attached hydrogens (tertiary/aromatic N) is 6. The Morgan fingerprint density at radius 1 is 0.333 bits per heavy atom. The van der Waals surface area contributed by atoms with Crippen molar-refractivity contribution in [2.45, 2.75) is 190 Å². The van der Waals surface area contributed by atoms with E-state index in [4.69, 9.17) is 34.8 Å². The van der Waals surface area contributed by atoms with Gasteiger partial charge in [0.1, 0.15) is 0 Å². The number of benzene rings is 9. The number of likely N-dealkylation sites (tertiary alicyclic amines) is 3. The van der Waals surface area contributed by atoms with Crippen LogP contribution in [0.15, 0.2) is 200 Å². The van der Waals surface area contributed by atoms with Gasteiger partial charge in [-0.1, -0.05) is 202 Å². The standard InChI is InChI=1S/3C34H43ClN4O2/c3*1-2-25(26-9-5-3-6-10-26)24-39-20-15-31(37-32(34(39)41)16-19-38-17-7-4-8-18-38)23-36-33(40)29-12-11-28-22-30(35)14-13-27(28)21-29/h3*3,5-6,9-14,21-22,25,31-32,37H,2,4,7-8,15-20,23-24H2,1H3,(H,36,40)/t2*25-,31+,32+;25-,31-,32-/m100/s1. The number of rotatable bonds is 30. The molecule has 654 valence electrons. The number of fused-ring (bicyclic) bond motifs is 3. The van der Waals surface area contributed by atoms with Crippen LogP contribution in [0.1, 0.15) is 202 Å². The van der Waals surface area contributed by atoms with E-state index in [1.54, 1.807) is 0 Å². The zero-order valence-electron chi connectivity index (χ0n) is 72.5. The van der Waals surface area contributed by atoms with E-state index in [0.717, 1.165) is 169 Å². The maximum atomic E-state index is 13.9. The molecule has 123 heavy (non-hydrogen) atoms. The highest BCUT2D eigenvalue weighted by Crippen LogP contribution is 2.30. The normalized spacial score (nSPS) is 21.0. The summed E-state index contributed by atoms with van der Waals surface area (Å²) in [5.41, 5.74) is 5.73. The zero-order chi connectivity index (χ0) is 85.8. The molecule has 6 saturated heterocycles. The van der Waals surface area contributed by atoms with Crippen molar-refractivity contribution >= 4 is 103 Å². The molecule has 0 bridgehead atoms. The summed E-state index contributed by atoms with van der Waals surface area (Å²) in [6, 6.07) is 65.0. The first-order valence-electron chi connectivity index (χ1n) is 45.9. The Hall–Kier alpha value is -8.79. The molecule has 9 atom stereocenters. The molecule has 0 aromatic heterocycles. The lowest BCUT2D eigenvalue weighted by Crippen LogP contribution is -2.50. The van der Waals surface area contributed by atoms with Gasteiger partial charge in [0, 0.05) is 146 Å². The van der Waals surface area contributed by atoms with Crippen molar-refractivity contribution in [3.8, 4) is 0 Å². The highest BCUT2D eigenvalue weighted by molar-refractivity contribution is 6.32. The number of nitrogens with one attached hydrogen (secondary N) is 6. The fourth-order valence-corrected chi connectivity index (χ4v) is 19.3. The lowest BCUT2D eigenvalue weighted by atomic mass is 9.95. The van der Waals surface area contributed by atoms with Crippen LogP contribution < -0.4 is 31.9 Å². The van der Waals surface area contributed by atoms with Crippen molar-refractivity contribution < 1.29 is 28.8 Å². The Morgan fingerprint density at radius 3 is 0.846 bits per heavy atom. The second-order valence-electron chi connectivity index (χ2n) is 34.8. The maximum Gasteiger partial charge on any atom is 0.251 e. The fraction of sp³-hybridized carbons (Fsp3) is 0.471. The fourth-order valence-electron chi connectivity index (χ4n) is 18.8. The Bertz CT molecular complexity index is 4410. The summed E-state index contributed by atoms with van der Waals surface area (Å²) in [4.78, 5) is 94.8. The number of hydrogen-bond donors (Lipinski definition) is 6. The van der Waals surface area contributed by atoms with Crippen molar-refractivity contribution in [3.05, 3.63) is 249 Å². The molecule has 21 heteroatoms. The molecule has 0 spiro atoms. The van der Waals surface area contributed by atoms with Crippen molar-refractivity contribution in [1.82, 2.24) is 61.3 Å². The van der Waals surface area contributed by atoms with Gasteiger partial charge in [0.25, 0.3) is 17.7 Å². The van der Waals surface area contributed by atoms with E-state index < -0.39 is 0 Å². The maximum absolute atomic E-state index is 13.9. The average molecular weight is 1730 g/mol. The number of halogens is 3. The van der Waals surface area contributed by atoms with Crippen molar-refractivity contribution in [2.75, 3.05) is 118 Å². The minimum atomic E-state index is -0.250. The van der Waals surface area contributed by atoms with Gasteiger partial charge in [0.05, 0.1) is 18.1 Å². The van der Waals surface area contributed by atoms with Gasteiger partial charge < -0.3 is 61.3 Å². The van der Waals surface area contributed by atoms with E-state index in [-0.39, 0.29) is 71.7 Å². The van der Waals surface area contributed by atoms with Crippen LogP contribution in [0.4, 0.5) is 0 Å². The van der Waals surface area contributed by atoms with Crippen LogP contribution in [0.25, 0.3) is 32.3 Å². The summed E-state index contributed by atoms with van der Waals surface area (Å²) >= 11 is 18.4. The van der Waals surface area contributed by atoms with Crippen LogP contribution in [0.5, 0.6) is 0 Å². The van der Waals surface area contributed by atoms with Crippen LogP contribution in [-0.4, -0.2) is 219 Å². The van der Waals surface area contributed by atoms with E-state index in [2.05, 4.69) is 155 Å². The van der Waals surface area contributed by atoms with Crippen molar-refractivity contribution in [2.24, 2.45) is 0 Å². The monoisotopic (exact) mass is 1720 g/mol. The Labute approximate surface area is 744 Å². The third-order valence-electron chi connectivity index (χ3n) is 26.3. The first-order valence-corrected chi connectivity index (χ1v) is 47.0. The third-order valence-corrected chi connectivity index (χ3v) is 27.0. The van der Waals surface area contributed by atoms with Crippen LogP contribution in [0.3, 0.4) is 0 Å². The SMILES string of the molecule is CC[C@@H](CN1CC[C@@H](CNC(=O)c2ccc3cc(Cl)ccc3c2)N[C@@H](CCN2CCCCC2)C1=O)c1ccccc1.CC[C@@H](CN1CC[C@H](CNC(=O)c2ccc3cc(Cl)ccc3c2)N[C@H](CCN2CCCCC2)C1=O)c1ccccc1.CC[C@H](CN1CC[C@@H](CNC(=O)c2ccc3cc(Cl)ccc3c2)N[C@@H](CCN2CCCCC2)C1=O)c1ccccc1. The lowest BCUT2D eigenvalue weighted by Gasteiger charge is -2.31. The first-order chi connectivity index (χ1) is 60.0. The number of piperidine rings is 3. The van der Waals surface area contributed by atoms with Gasteiger partial charge >= 0.3 is 0 Å². The molecular weight excluding hydrogens is 1600 g/mol. The molecule has 6 N–H and O–H groups in total. The van der Waals surface area contributed by atoms with E-state index in [1.165, 1.54) is 74.5 Å². The number of amides is 6. The predicted molar refractivity (Wildman–Crippen MR) is 503 cm³/mol. The summed E-state index contributed by atoms with van der Waals surface area (Å²) in [6.45, 7) is 21.8. The van der Waals surface area contributed by atoms with Gasteiger partial charge in [0.15, 0.2) is 0 Å². The Balaban J connectivity index is 0.000000159. The van der Waals surface area contributed by atoms with E-state index >= 15 is 0 Å². The van der Waals surface area contributed by atoms with E-state index in [0.29, 0.717) is 88.8 Å². The average Bonchev–Trinajstić information content (AvgIpc) is 1.05. The summed E-state index contributed by atoms with van der Waals surface area (Å²) in [5, 5.41) is 28.4. The molecule has 0 saturated carbocycles. The molecule has 18 nitrogen and oxygen atoms in total. The Kier molecular flexibility index (Phi) is 35.1. The topological polar surface area (TPSA) is 194 Å². The van der Waals surface area contributed by atoms with Crippen molar-refractivity contribution in [1.29, 1.82) is 0 Å². The van der Waals surface area contributed by atoms with Gasteiger partial charge in [-0.25, -0.2) is 0 Å². The minimum Gasteiger partial charge on any atom is -0.350 e. The molecule has 15 rings (SSSR count). The largest absolute Gasteiger partial charge is 0.350 e. The smallest absolute Gasteiger partial charge is 0.251 e. The highest BCUT2D eigenvalue weighted by atomic mass is 35.5. The van der Waals surface area contributed by atoms with Crippen molar-refractivity contribution in [3.63, 3.8) is 0 Å². The zero-order valence-corrected chi connectivity index (χ0v) is 74.7. The summed E-state index contributed by atoms with van der Waals surface area (Å²) < 4.78 is 0. The molecule has 9 aromatic rings. The van der Waals surface area contributed by atoms with Crippen LogP contribution in [-0.2, 0) is 14.4 Å². The van der Waals surface area contributed by atoms with Gasteiger partial charge in [0.2, 0.25) is 17.7 Å². The molecule has 6 fully saturated rings. The molecule has 6 amide bonds. The second-order valence-corrected chi connectivity index (χ2v) is 36.1. The lowest BCUT2D eigenvalue weighted by molar-refractivity contribution is -0.134. The molecule has 0 radical (unpaired) electrons. The van der Waals surface area contributed by atoms with Gasteiger partial charge in [-0.3, -0.25) is 28.8 Å². The minimum absolute atomic E-state index is 0.0234. The molecular formula is C102H129Cl3N12O6. The Morgan fingerprint density at radius 2 is 0.585 bits per heavy atom. The van der Waals surface area contributed by atoms with Crippen LogP contribution >= 0.6 is 34.8 Å². The van der Waals surface area contributed by atoms with Gasteiger partial charge in [-0.2, -0.15) is 0 Å². The first kappa shape index (κ1) is 91.9. The molecule has 6 aliphatic rings.